The summed E-state index contributed by atoms with van der Waals surface area (Å²) in [6, 6.07) is 2.46. The number of aromatic nitrogens is 3. The van der Waals surface area contributed by atoms with Crippen LogP contribution >= 0.6 is 0 Å². The molecule has 16 heavy (non-hydrogen) atoms. The zero-order chi connectivity index (χ0) is 11.5. The van der Waals surface area contributed by atoms with E-state index in [0.29, 0.717) is 12.6 Å². The highest BCUT2D eigenvalue weighted by Crippen LogP contribution is 2.13. The van der Waals surface area contributed by atoms with Gasteiger partial charge in [0.2, 0.25) is 0 Å². The Balaban J connectivity index is 2.11. The summed E-state index contributed by atoms with van der Waals surface area (Å²) in [5.41, 5.74) is 2.98. The Morgan fingerprint density at radius 3 is 2.94 bits per heavy atom. The van der Waals surface area contributed by atoms with Crippen molar-refractivity contribution >= 4 is 0 Å². The van der Waals surface area contributed by atoms with Crippen molar-refractivity contribution in [3.8, 4) is 0 Å². The van der Waals surface area contributed by atoms with Gasteiger partial charge in [-0.25, -0.2) is 4.63 Å². The van der Waals surface area contributed by atoms with Crippen LogP contribution in [0.1, 0.15) is 29.9 Å². The maximum atomic E-state index is 4.67. The largest absolute Gasteiger partial charge is 0.348 e. The smallest absolute Gasteiger partial charge is 0.127 e. The Hall–Kier alpha value is -1.62. The standard InChI is InChI=1S/C11H16N4O/c1-8(12-3)10-4-5-15(6-10)7-11-9(2)13-16-14-11/h4-6,8,12H,7H2,1-3H3. The average molecular weight is 220 g/mol. The van der Waals surface area contributed by atoms with E-state index in [1.54, 1.807) is 0 Å². The minimum absolute atomic E-state index is 0.359. The van der Waals surface area contributed by atoms with Gasteiger partial charge in [0.25, 0.3) is 0 Å². The zero-order valence-corrected chi connectivity index (χ0v) is 9.77. The van der Waals surface area contributed by atoms with E-state index in [4.69, 9.17) is 0 Å². The second-order valence-corrected chi connectivity index (χ2v) is 3.92. The van der Waals surface area contributed by atoms with Gasteiger partial charge in [0.05, 0.1) is 6.54 Å². The van der Waals surface area contributed by atoms with Gasteiger partial charge in [-0.05, 0) is 32.5 Å². The lowest BCUT2D eigenvalue weighted by atomic mass is 10.2. The third-order valence-corrected chi connectivity index (χ3v) is 2.79. The van der Waals surface area contributed by atoms with Crippen LogP contribution in [0.3, 0.4) is 0 Å². The van der Waals surface area contributed by atoms with Crippen molar-refractivity contribution < 1.29 is 4.63 Å². The van der Waals surface area contributed by atoms with Gasteiger partial charge in [-0.15, -0.1) is 0 Å². The summed E-state index contributed by atoms with van der Waals surface area (Å²) in [5, 5.41) is 10.8. The maximum Gasteiger partial charge on any atom is 0.127 e. The molecule has 0 aliphatic heterocycles. The highest BCUT2D eigenvalue weighted by molar-refractivity contribution is 5.16. The first-order chi connectivity index (χ1) is 7.70. The van der Waals surface area contributed by atoms with Gasteiger partial charge in [0.15, 0.2) is 0 Å². The van der Waals surface area contributed by atoms with Crippen LogP contribution in [0.4, 0.5) is 0 Å². The molecule has 2 rings (SSSR count). The van der Waals surface area contributed by atoms with Crippen LogP contribution in [0.5, 0.6) is 0 Å². The number of aryl methyl sites for hydroxylation is 1. The summed E-state index contributed by atoms with van der Waals surface area (Å²) < 4.78 is 6.75. The van der Waals surface area contributed by atoms with Gasteiger partial charge >= 0.3 is 0 Å². The molecule has 0 fully saturated rings. The Bertz CT molecular complexity index is 460. The molecular weight excluding hydrogens is 204 g/mol. The zero-order valence-electron chi connectivity index (χ0n) is 9.77. The third-order valence-electron chi connectivity index (χ3n) is 2.79. The first-order valence-electron chi connectivity index (χ1n) is 5.31. The second kappa shape index (κ2) is 4.49. The summed E-state index contributed by atoms with van der Waals surface area (Å²) in [6.07, 6.45) is 4.15. The van der Waals surface area contributed by atoms with E-state index in [1.165, 1.54) is 5.56 Å². The van der Waals surface area contributed by atoms with Gasteiger partial charge in [0, 0.05) is 18.4 Å². The van der Waals surface area contributed by atoms with Crippen molar-refractivity contribution in [3.63, 3.8) is 0 Å². The lowest BCUT2D eigenvalue weighted by molar-refractivity contribution is 0.300. The maximum absolute atomic E-state index is 4.67. The molecule has 5 heteroatoms. The number of rotatable bonds is 4. The number of hydrogen-bond donors (Lipinski definition) is 1. The summed E-state index contributed by atoms with van der Waals surface area (Å²) >= 11 is 0. The van der Waals surface area contributed by atoms with E-state index in [9.17, 15) is 0 Å². The molecule has 0 aliphatic rings. The molecule has 2 heterocycles. The van der Waals surface area contributed by atoms with Gasteiger partial charge < -0.3 is 9.88 Å². The molecule has 0 aromatic carbocycles. The fourth-order valence-electron chi connectivity index (χ4n) is 1.55. The van der Waals surface area contributed by atoms with Gasteiger partial charge in [0.1, 0.15) is 11.4 Å². The first kappa shape index (κ1) is 10.9. The minimum atomic E-state index is 0.359. The molecule has 86 valence electrons. The highest BCUT2D eigenvalue weighted by Gasteiger charge is 2.08. The predicted molar refractivity (Wildman–Crippen MR) is 60.0 cm³/mol. The summed E-state index contributed by atoms with van der Waals surface area (Å²) in [7, 11) is 1.95. The van der Waals surface area contributed by atoms with Gasteiger partial charge in [-0.1, -0.05) is 10.3 Å². The SMILES string of the molecule is CNC(C)c1ccn(Cc2nonc2C)c1. The quantitative estimate of drug-likeness (QED) is 0.848. The first-order valence-corrected chi connectivity index (χ1v) is 5.31. The lowest BCUT2D eigenvalue weighted by Crippen LogP contribution is -2.11. The van der Waals surface area contributed by atoms with Crippen LogP contribution in [-0.4, -0.2) is 21.9 Å². The molecule has 0 saturated carbocycles. The molecular formula is C11H16N4O. The van der Waals surface area contributed by atoms with Crippen molar-refractivity contribution in [2.24, 2.45) is 0 Å². The monoisotopic (exact) mass is 220 g/mol. The molecule has 1 N–H and O–H groups in total. The van der Waals surface area contributed by atoms with Crippen LogP contribution in [-0.2, 0) is 6.54 Å². The van der Waals surface area contributed by atoms with Crippen molar-refractivity contribution in [1.82, 2.24) is 20.2 Å². The molecule has 0 aliphatic carbocycles. The molecule has 5 nitrogen and oxygen atoms in total. The normalized spacial score (nSPS) is 12.9. The van der Waals surface area contributed by atoms with Gasteiger partial charge in [-0.3, -0.25) is 0 Å². The molecule has 0 saturated heterocycles. The van der Waals surface area contributed by atoms with Crippen LogP contribution < -0.4 is 5.32 Å². The van der Waals surface area contributed by atoms with Crippen LogP contribution in [0.25, 0.3) is 0 Å². The van der Waals surface area contributed by atoms with E-state index in [2.05, 4.69) is 44.0 Å². The summed E-state index contributed by atoms with van der Waals surface area (Å²) in [5.74, 6) is 0. The fourth-order valence-corrected chi connectivity index (χ4v) is 1.55. The topological polar surface area (TPSA) is 55.9 Å². The van der Waals surface area contributed by atoms with Crippen LogP contribution in [0, 0.1) is 6.92 Å². The van der Waals surface area contributed by atoms with E-state index in [1.807, 2.05) is 20.2 Å². The second-order valence-electron chi connectivity index (χ2n) is 3.92. The van der Waals surface area contributed by atoms with E-state index >= 15 is 0 Å². The van der Waals surface area contributed by atoms with Crippen LogP contribution in [0.15, 0.2) is 23.1 Å². The van der Waals surface area contributed by atoms with Crippen molar-refractivity contribution in [2.45, 2.75) is 26.4 Å². The molecule has 1 unspecified atom stereocenters. The summed E-state index contributed by atoms with van der Waals surface area (Å²) in [6.45, 7) is 4.72. The molecule has 2 aromatic rings. The number of nitrogens with one attached hydrogen (secondary N) is 1. The molecule has 2 aromatic heterocycles. The predicted octanol–water partition coefficient (Wildman–Crippen LogP) is 1.51. The molecule has 0 bridgehead atoms. The third kappa shape index (κ3) is 2.14. The fraction of sp³-hybridized carbons (Fsp3) is 0.455. The Morgan fingerprint density at radius 2 is 2.31 bits per heavy atom. The number of nitrogens with zero attached hydrogens (tertiary/aromatic N) is 3. The Kier molecular flexibility index (Phi) is 3.05. The summed E-state index contributed by atoms with van der Waals surface area (Å²) in [4.78, 5) is 0. The Labute approximate surface area is 94.4 Å². The minimum Gasteiger partial charge on any atom is -0.348 e. The van der Waals surface area contributed by atoms with Crippen molar-refractivity contribution in [3.05, 3.63) is 35.4 Å². The van der Waals surface area contributed by atoms with E-state index in [-0.39, 0.29) is 0 Å². The van der Waals surface area contributed by atoms with Crippen molar-refractivity contribution in [2.75, 3.05) is 7.05 Å². The van der Waals surface area contributed by atoms with E-state index < -0.39 is 0 Å². The van der Waals surface area contributed by atoms with Crippen LogP contribution in [0.2, 0.25) is 0 Å². The van der Waals surface area contributed by atoms with Gasteiger partial charge in [-0.2, -0.15) is 0 Å². The Morgan fingerprint density at radius 1 is 1.50 bits per heavy atom. The average Bonchev–Trinajstić information content (AvgIpc) is 2.89. The highest BCUT2D eigenvalue weighted by atomic mass is 16.6. The molecule has 0 radical (unpaired) electrons. The van der Waals surface area contributed by atoms with Crippen molar-refractivity contribution in [1.29, 1.82) is 0 Å². The molecule has 0 spiro atoms. The number of hydrogen-bond acceptors (Lipinski definition) is 4. The molecule has 0 amide bonds. The molecule has 1 atom stereocenters. The van der Waals surface area contributed by atoms with E-state index in [0.717, 1.165) is 11.4 Å². The lowest BCUT2D eigenvalue weighted by Gasteiger charge is -2.06.